The van der Waals surface area contributed by atoms with E-state index in [0.29, 0.717) is 55.0 Å². The highest BCUT2D eigenvalue weighted by atomic mass is 35.5. The van der Waals surface area contributed by atoms with Crippen molar-refractivity contribution in [2.75, 3.05) is 20.8 Å². The Hall–Kier alpha value is -4.34. The molecule has 216 valence electrons. The van der Waals surface area contributed by atoms with Gasteiger partial charge in [0.15, 0.2) is 16.3 Å². The second kappa shape index (κ2) is 12.7. The van der Waals surface area contributed by atoms with Gasteiger partial charge in [0.05, 0.1) is 47.7 Å². The van der Waals surface area contributed by atoms with E-state index in [-0.39, 0.29) is 12.2 Å². The van der Waals surface area contributed by atoms with Crippen molar-refractivity contribution in [2.45, 2.75) is 26.5 Å². The zero-order valence-corrected chi connectivity index (χ0v) is 25.1. The smallest absolute Gasteiger partial charge is 0.338 e. The maximum Gasteiger partial charge on any atom is 0.338 e. The zero-order valence-electron chi connectivity index (χ0n) is 23.5. The van der Waals surface area contributed by atoms with Crippen LogP contribution in [0.15, 0.2) is 87.8 Å². The third-order valence-corrected chi connectivity index (χ3v) is 7.99. The normalized spacial score (nSPS) is 14.7. The molecule has 42 heavy (non-hydrogen) atoms. The Bertz CT molecular complexity index is 1830. The summed E-state index contributed by atoms with van der Waals surface area (Å²) >= 11 is 7.85. The van der Waals surface area contributed by atoms with Gasteiger partial charge >= 0.3 is 5.97 Å². The monoisotopic (exact) mass is 604 g/mol. The minimum absolute atomic E-state index is 0.197. The van der Waals surface area contributed by atoms with Crippen LogP contribution in [0.4, 0.5) is 0 Å². The molecule has 0 spiro atoms. The summed E-state index contributed by atoms with van der Waals surface area (Å²) in [7, 11) is 3.11. The van der Waals surface area contributed by atoms with Crippen LogP contribution in [0.5, 0.6) is 17.2 Å². The number of esters is 1. The van der Waals surface area contributed by atoms with Gasteiger partial charge in [-0.15, -0.1) is 0 Å². The van der Waals surface area contributed by atoms with Gasteiger partial charge in [-0.2, -0.15) is 0 Å². The van der Waals surface area contributed by atoms with Gasteiger partial charge in [-0.3, -0.25) is 9.36 Å². The molecule has 5 rings (SSSR count). The molecule has 0 fully saturated rings. The minimum Gasteiger partial charge on any atom is -0.497 e. The van der Waals surface area contributed by atoms with E-state index in [0.717, 1.165) is 11.1 Å². The Morgan fingerprint density at radius 3 is 2.48 bits per heavy atom. The Kier molecular flexibility index (Phi) is 8.80. The molecule has 4 aromatic rings. The molecule has 0 bridgehead atoms. The summed E-state index contributed by atoms with van der Waals surface area (Å²) in [5, 5.41) is 0.348. The summed E-state index contributed by atoms with van der Waals surface area (Å²) in [6.45, 7) is 4.01. The van der Waals surface area contributed by atoms with E-state index in [1.54, 1.807) is 51.3 Å². The Morgan fingerprint density at radius 1 is 1.07 bits per heavy atom. The van der Waals surface area contributed by atoms with Crippen LogP contribution in [0, 0.1) is 0 Å². The molecule has 1 aliphatic heterocycles. The molecule has 2 heterocycles. The van der Waals surface area contributed by atoms with E-state index >= 15 is 0 Å². The fraction of sp³-hybridized carbons (Fsp3) is 0.219. The standard InChI is InChI=1S/C32H29ClN2O6S/c1-5-40-31(37)27-19(2)34-32-35(28(27)22-11-13-23(38-3)14-12-22)30(36)26(42-32)17-21-15-24(33)29(25(16-21)39-4)41-18-20-9-7-6-8-10-20/h6-17,28H,5,18H2,1-4H3/b26-17+. The lowest BCUT2D eigenvalue weighted by molar-refractivity contribution is -0.139. The van der Waals surface area contributed by atoms with Crippen molar-refractivity contribution >= 4 is 35.0 Å². The molecule has 10 heteroatoms. The van der Waals surface area contributed by atoms with E-state index in [1.807, 2.05) is 42.5 Å². The quantitative estimate of drug-likeness (QED) is 0.249. The van der Waals surface area contributed by atoms with E-state index in [9.17, 15) is 9.59 Å². The number of fused-ring (bicyclic) bond motifs is 1. The first-order valence-electron chi connectivity index (χ1n) is 13.2. The number of rotatable bonds is 9. The van der Waals surface area contributed by atoms with E-state index in [2.05, 4.69) is 4.99 Å². The molecule has 1 aliphatic rings. The highest BCUT2D eigenvalue weighted by Gasteiger charge is 2.33. The van der Waals surface area contributed by atoms with Crippen molar-refractivity contribution < 1.29 is 23.7 Å². The predicted molar refractivity (Wildman–Crippen MR) is 162 cm³/mol. The average Bonchev–Trinajstić information content (AvgIpc) is 3.30. The van der Waals surface area contributed by atoms with Crippen LogP contribution in [-0.2, 0) is 16.1 Å². The molecule has 0 saturated heterocycles. The number of ether oxygens (including phenoxy) is 4. The van der Waals surface area contributed by atoms with Crippen molar-refractivity contribution in [3.05, 3.63) is 119 Å². The van der Waals surface area contributed by atoms with E-state index in [1.165, 1.54) is 23.0 Å². The van der Waals surface area contributed by atoms with Crippen molar-refractivity contribution in [3.8, 4) is 17.2 Å². The number of aromatic nitrogens is 1. The molecular weight excluding hydrogens is 576 g/mol. The Labute approximate surface area is 251 Å². The van der Waals surface area contributed by atoms with Crippen molar-refractivity contribution in [3.63, 3.8) is 0 Å². The molecule has 1 aromatic heterocycles. The highest BCUT2D eigenvalue weighted by Crippen LogP contribution is 2.37. The van der Waals surface area contributed by atoms with Gasteiger partial charge in [-0.05, 0) is 60.9 Å². The second-order valence-electron chi connectivity index (χ2n) is 9.38. The molecule has 0 aliphatic carbocycles. The number of nitrogens with zero attached hydrogens (tertiary/aromatic N) is 2. The number of carbonyl (C=O) groups excluding carboxylic acids is 1. The fourth-order valence-corrected chi connectivity index (χ4v) is 6.06. The van der Waals surface area contributed by atoms with Gasteiger partial charge in [-0.1, -0.05) is 65.4 Å². The molecule has 1 atom stereocenters. The number of hydrogen-bond donors (Lipinski definition) is 0. The zero-order chi connectivity index (χ0) is 29.8. The molecule has 8 nitrogen and oxygen atoms in total. The number of benzene rings is 3. The summed E-state index contributed by atoms with van der Waals surface area (Å²) in [4.78, 5) is 32.1. The van der Waals surface area contributed by atoms with Crippen LogP contribution < -0.4 is 29.1 Å². The van der Waals surface area contributed by atoms with Crippen LogP contribution in [0.25, 0.3) is 6.08 Å². The van der Waals surface area contributed by atoms with Gasteiger partial charge in [0.2, 0.25) is 0 Å². The number of thiazole rings is 1. The number of allylic oxidation sites excluding steroid dienone is 1. The lowest BCUT2D eigenvalue weighted by atomic mass is 9.96. The van der Waals surface area contributed by atoms with Gasteiger partial charge in [-0.25, -0.2) is 9.79 Å². The minimum atomic E-state index is -0.722. The first-order valence-corrected chi connectivity index (χ1v) is 14.4. The highest BCUT2D eigenvalue weighted by molar-refractivity contribution is 7.07. The maximum absolute atomic E-state index is 13.9. The number of hydrogen-bond acceptors (Lipinski definition) is 8. The molecule has 3 aromatic carbocycles. The molecule has 0 radical (unpaired) electrons. The molecule has 1 unspecified atom stereocenters. The van der Waals surface area contributed by atoms with Crippen LogP contribution in [0.2, 0.25) is 5.02 Å². The molecule has 0 N–H and O–H groups in total. The Morgan fingerprint density at radius 2 is 1.81 bits per heavy atom. The molecule has 0 saturated carbocycles. The average molecular weight is 605 g/mol. The van der Waals surface area contributed by atoms with E-state index in [4.69, 9.17) is 30.5 Å². The summed E-state index contributed by atoms with van der Waals surface area (Å²) < 4.78 is 24.2. The molecular formula is C32H29ClN2O6S. The predicted octanol–water partition coefficient (Wildman–Crippen LogP) is 5.05. The van der Waals surface area contributed by atoms with Gasteiger partial charge in [0.1, 0.15) is 12.4 Å². The number of carbonyl (C=O) groups is 1. The lowest BCUT2D eigenvalue weighted by Gasteiger charge is -2.24. The van der Waals surface area contributed by atoms with Crippen LogP contribution in [-0.4, -0.2) is 31.4 Å². The summed E-state index contributed by atoms with van der Waals surface area (Å²) in [6.07, 6.45) is 1.73. The summed E-state index contributed by atoms with van der Waals surface area (Å²) in [5.74, 6) is 0.993. The van der Waals surface area contributed by atoms with Gasteiger partial charge < -0.3 is 18.9 Å². The van der Waals surface area contributed by atoms with Crippen LogP contribution in [0.3, 0.4) is 0 Å². The van der Waals surface area contributed by atoms with Crippen LogP contribution >= 0.6 is 22.9 Å². The third-order valence-electron chi connectivity index (χ3n) is 6.72. The second-order valence-corrected chi connectivity index (χ2v) is 10.8. The molecule has 0 amide bonds. The largest absolute Gasteiger partial charge is 0.497 e. The van der Waals surface area contributed by atoms with Crippen LogP contribution in [0.1, 0.15) is 36.6 Å². The fourth-order valence-electron chi connectivity index (χ4n) is 4.74. The van der Waals surface area contributed by atoms with Crippen molar-refractivity contribution in [1.29, 1.82) is 0 Å². The number of methoxy groups -OCH3 is 2. The number of halogens is 1. The SMILES string of the molecule is CCOC(=O)C1=C(C)N=c2s/c(=C/c3cc(Cl)c(OCc4ccccc4)c(OC)c3)c(=O)n2C1c1ccc(OC)cc1. The summed E-state index contributed by atoms with van der Waals surface area (Å²) in [5.41, 5.74) is 2.87. The van der Waals surface area contributed by atoms with Crippen molar-refractivity contribution in [2.24, 2.45) is 4.99 Å². The first kappa shape index (κ1) is 29.2. The van der Waals surface area contributed by atoms with E-state index < -0.39 is 12.0 Å². The summed E-state index contributed by atoms with van der Waals surface area (Å²) in [6, 6.07) is 19.7. The van der Waals surface area contributed by atoms with Crippen molar-refractivity contribution in [1.82, 2.24) is 4.57 Å². The van der Waals surface area contributed by atoms with Gasteiger partial charge in [0, 0.05) is 0 Å². The topological polar surface area (TPSA) is 88.4 Å². The third kappa shape index (κ3) is 5.84. The Balaban J connectivity index is 1.58. The maximum atomic E-state index is 13.9. The van der Waals surface area contributed by atoms with Gasteiger partial charge in [0.25, 0.3) is 5.56 Å². The lowest BCUT2D eigenvalue weighted by Crippen LogP contribution is -2.39. The first-order chi connectivity index (χ1) is 20.3.